The molecule has 5 heteroatoms. The van der Waals surface area contributed by atoms with Crippen LogP contribution >= 0.6 is 0 Å². The normalized spacial score (nSPS) is 10.8. The summed E-state index contributed by atoms with van der Waals surface area (Å²) >= 11 is 0. The predicted molar refractivity (Wildman–Crippen MR) is 94.6 cm³/mol. The fourth-order valence-corrected chi connectivity index (χ4v) is 2.09. The van der Waals surface area contributed by atoms with Crippen molar-refractivity contribution in [2.24, 2.45) is 0 Å². The second-order valence-corrected chi connectivity index (χ2v) is 6.47. The predicted octanol–water partition coefficient (Wildman–Crippen LogP) is 3.48. The second-order valence-electron chi connectivity index (χ2n) is 6.47. The van der Waals surface area contributed by atoms with Gasteiger partial charge in [0.05, 0.1) is 7.11 Å². The molecular formula is C19H22N2O3. The smallest absolute Gasteiger partial charge is 0.255 e. The van der Waals surface area contributed by atoms with E-state index in [1.54, 1.807) is 55.6 Å². The Labute approximate surface area is 142 Å². The van der Waals surface area contributed by atoms with Crippen molar-refractivity contribution < 1.29 is 14.3 Å². The number of hydrogen-bond acceptors (Lipinski definition) is 3. The van der Waals surface area contributed by atoms with E-state index in [4.69, 9.17) is 4.74 Å². The van der Waals surface area contributed by atoms with E-state index in [1.165, 1.54) is 0 Å². The minimum Gasteiger partial charge on any atom is -0.497 e. The SMILES string of the molecule is COc1cccc(NC(=O)c2ccc(C(=O)NC(C)(C)C)cc2)c1. The van der Waals surface area contributed by atoms with Crippen LogP contribution in [0.25, 0.3) is 0 Å². The van der Waals surface area contributed by atoms with Crippen LogP contribution in [0.4, 0.5) is 5.69 Å². The van der Waals surface area contributed by atoms with Gasteiger partial charge in [0.2, 0.25) is 0 Å². The van der Waals surface area contributed by atoms with Gasteiger partial charge >= 0.3 is 0 Å². The third kappa shape index (κ3) is 4.84. The minimum atomic E-state index is -0.306. The van der Waals surface area contributed by atoms with Gasteiger partial charge in [-0.05, 0) is 57.2 Å². The molecule has 2 aromatic rings. The monoisotopic (exact) mass is 326 g/mol. The molecule has 2 N–H and O–H groups in total. The van der Waals surface area contributed by atoms with Crippen LogP contribution in [0.1, 0.15) is 41.5 Å². The van der Waals surface area contributed by atoms with Crippen LogP contribution in [0.3, 0.4) is 0 Å². The van der Waals surface area contributed by atoms with Crippen LogP contribution in [0.5, 0.6) is 5.75 Å². The Morgan fingerprint density at radius 1 is 0.917 bits per heavy atom. The lowest BCUT2D eigenvalue weighted by molar-refractivity contribution is 0.0918. The third-order valence-corrected chi connectivity index (χ3v) is 3.23. The molecule has 0 atom stereocenters. The highest BCUT2D eigenvalue weighted by Gasteiger charge is 2.15. The molecule has 0 spiro atoms. The number of amides is 2. The van der Waals surface area contributed by atoms with Gasteiger partial charge in [-0.3, -0.25) is 9.59 Å². The maximum absolute atomic E-state index is 12.3. The molecule has 0 aliphatic rings. The molecule has 0 unspecified atom stereocenters. The summed E-state index contributed by atoms with van der Waals surface area (Å²) in [5.41, 5.74) is 1.33. The number of carbonyl (C=O) groups excluding carboxylic acids is 2. The lowest BCUT2D eigenvalue weighted by Crippen LogP contribution is -2.40. The van der Waals surface area contributed by atoms with Crippen LogP contribution in [0.15, 0.2) is 48.5 Å². The molecule has 0 radical (unpaired) electrons. The summed E-state index contributed by atoms with van der Waals surface area (Å²) in [6, 6.07) is 13.7. The molecule has 0 aromatic heterocycles. The summed E-state index contributed by atoms with van der Waals surface area (Å²) in [6.07, 6.45) is 0. The summed E-state index contributed by atoms with van der Waals surface area (Å²) in [5.74, 6) is 0.260. The van der Waals surface area contributed by atoms with Crippen molar-refractivity contribution in [3.8, 4) is 5.75 Å². The molecule has 0 saturated carbocycles. The van der Waals surface area contributed by atoms with Gasteiger partial charge in [0.1, 0.15) is 5.75 Å². The number of nitrogens with one attached hydrogen (secondary N) is 2. The molecule has 0 saturated heterocycles. The largest absolute Gasteiger partial charge is 0.497 e. The highest BCUT2D eigenvalue weighted by Crippen LogP contribution is 2.17. The third-order valence-electron chi connectivity index (χ3n) is 3.23. The Morgan fingerprint density at radius 2 is 1.50 bits per heavy atom. The van der Waals surface area contributed by atoms with Crippen LogP contribution in [0.2, 0.25) is 0 Å². The Kier molecular flexibility index (Phi) is 5.24. The van der Waals surface area contributed by atoms with Gasteiger partial charge in [-0.1, -0.05) is 6.07 Å². The van der Waals surface area contributed by atoms with Crippen molar-refractivity contribution in [2.45, 2.75) is 26.3 Å². The summed E-state index contributed by atoms with van der Waals surface area (Å²) < 4.78 is 5.13. The van der Waals surface area contributed by atoms with Crippen molar-refractivity contribution >= 4 is 17.5 Å². The number of rotatable bonds is 4. The van der Waals surface area contributed by atoms with E-state index in [0.717, 1.165) is 0 Å². The van der Waals surface area contributed by atoms with Crippen molar-refractivity contribution in [1.82, 2.24) is 5.32 Å². The average Bonchev–Trinajstić information content (AvgIpc) is 2.53. The minimum absolute atomic E-state index is 0.165. The number of methoxy groups -OCH3 is 1. The topological polar surface area (TPSA) is 67.4 Å². The van der Waals surface area contributed by atoms with Gasteiger partial charge < -0.3 is 15.4 Å². The number of carbonyl (C=O) groups is 2. The summed E-state index contributed by atoms with van der Waals surface area (Å²) in [4.78, 5) is 24.3. The second kappa shape index (κ2) is 7.17. The van der Waals surface area contributed by atoms with Crippen molar-refractivity contribution in [1.29, 1.82) is 0 Å². The van der Waals surface area contributed by atoms with E-state index in [9.17, 15) is 9.59 Å². The molecule has 2 rings (SSSR count). The lowest BCUT2D eigenvalue weighted by atomic mass is 10.1. The van der Waals surface area contributed by atoms with Gasteiger partial charge in [-0.2, -0.15) is 0 Å². The highest BCUT2D eigenvalue weighted by atomic mass is 16.5. The van der Waals surface area contributed by atoms with Gasteiger partial charge in [-0.25, -0.2) is 0 Å². The first kappa shape index (κ1) is 17.5. The molecule has 2 aromatic carbocycles. The fourth-order valence-electron chi connectivity index (χ4n) is 2.09. The maximum Gasteiger partial charge on any atom is 0.255 e. The number of anilines is 1. The van der Waals surface area contributed by atoms with Crippen LogP contribution in [0, 0.1) is 0 Å². The standard InChI is InChI=1S/C19H22N2O3/c1-19(2,3)21-18(23)14-10-8-13(9-11-14)17(22)20-15-6-5-7-16(12-15)24-4/h5-12H,1-4H3,(H,20,22)(H,21,23). The van der Waals surface area contributed by atoms with Crippen LogP contribution < -0.4 is 15.4 Å². The molecule has 2 amide bonds. The maximum atomic E-state index is 12.3. The quantitative estimate of drug-likeness (QED) is 0.904. The molecule has 0 heterocycles. The van der Waals surface area contributed by atoms with Gasteiger partial charge in [0, 0.05) is 28.4 Å². The summed E-state index contributed by atoms with van der Waals surface area (Å²) in [6.45, 7) is 5.75. The van der Waals surface area contributed by atoms with E-state index in [0.29, 0.717) is 22.6 Å². The molecule has 24 heavy (non-hydrogen) atoms. The molecule has 126 valence electrons. The van der Waals surface area contributed by atoms with Crippen molar-refractivity contribution in [3.05, 3.63) is 59.7 Å². The lowest BCUT2D eigenvalue weighted by Gasteiger charge is -2.20. The van der Waals surface area contributed by atoms with Crippen molar-refractivity contribution in [3.63, 3.8) is 0 Å². The first-order valence-corrected chi connectivity index (χ1v) is 7.66. The van der Waals surface area contributed by atoms with Gasteiger partial charge in [0.15, 0.2) is 0 Å². The van der Waals surface area contributed by atoms with Gasteiger partial charge in [0.25, 0.3) is 11.8 Å². The molecule has 0 bridgehead atoms. The Hall–Kier alpha value is -2.82. The summed E-state index contributed by atoms with van der Waals surface area (Å²) in [7, 11) is 1.57. The first-order chi connectivity index (χ1) is 11.3. The van der Waals surface area contributed by atoms with E-state index in [1.807, 2.05) is 20.8 Å². The number of hydrogen-bond donors (Lipinski definition) is 2. The summed E-state index contributed by atoms with van der Waals surface area (Å²) in [5, 5.41) is 5.68. The average molecular weight is 326 g/mol. The zero-order chi connectivity index (χ0) is 17.7. The molecule has 0 aliphatic heterocycles. The van der Waals surface area contributed by atoms with E-state index in [-0.39, 0.29) is 17.4 Å². The highest BCUT2D eigenvalue weighted by molar-refractivity contribution is 6.05. The first-order valence-electron chi connectivity index (χ1n) is 7.66. The van der Waals surface area contributed by atoms with E-state index >= 15 is 0 Å². The van der Waals surface area contributed by atoms with E-state index < -0.39 is 0 Å². The van der Waals surface area contributed by atoms with Crippen LogP contribution in [-0.4, -0.2) is 24.5 Å². The number of benzene rings is 2. The Bertz CT molecular complexity index is 731. The zero-order valence-corrected chi connectivity index (χ0v) is 14.3. The number of ether oxygens (including phenoxy) is 1. The molecule has 0 fully saturated rings. The zero-order valence-electron chi connectivity index (χ0n) is 14.3. The Balaban J connectivity index is 2.07. The van der Waals surface area contributed by atoms with Gasteiger partial charge in [-0.15, -0.1) is 0 Å². The molecular weight excluding hydrogens is 304 g/mol. The van der Waals surface area contributed by atoms with Crippen molar-refractivity contribution in [2.75, 3.05) is 12.4 Å². The van der Waals surface area contributed by atoms with E-state index in [2.05, 4.69) is 10.6 Å². The fraction of sp³-hybridized carbons (Fsp3) is 0.263. The Morgan fingerprint density at radius 3 is 2.04 bits per heavy atom. The van der Waals surface area contributed by atoms with Crippen LogP contribution in [-0.2, 0) is 0 Å². The molecule has 0 aliphatic carbocycles. The molecule has 5 nitrogen and oxygen atoms in total.